The molecule has 8 nitrogen and oxygen atoms in total. The van der Waals surface area contributed by atoms with E-state index < -0.39 is 18.4 Å². The molecule has 0 aliphatic heterocycles. The molecular weight excluding hydrogens is 414 g/mol. The van der Waals surface area contributed by atoms with Crippen LogP contribution in [0.2, 0.25) is 0 Å². The maximum absolute atomic E-state index is 11.5. The third-order valence-corrected chi connectivity index (χ3v) is 3.58. The molecule has 2 rings (SSSR count). The molecule has 0 aliphatic rings. The highest BCUT2D eigenvalue weighted by Crippen LogP contribution is 2.27. The summed E-state index contributed by atoms with van der Waals surface area (Å²) in [6, 6.07) is 14.2. The van der Waals surface area contributed by atoms with Crippen LogP contribution < -0.4 is 14.8 Å². The van der Waals surface area contributed by atoms with E-state index in [2.05, 4.69) is 5.32 Å². The molecule has 0 saturated carbocycles. The molecule has 2 N–H and O–H groups in total. The SMILES string of the molecule is C.CC.CCC(=O)OCc1ccccc1.COc1ccc(C(=O)NCC(=O)O)cc1OC. The van der Waals surface area contributed by atoms with E-state index >= 15 is 0 Å². The number of hydrogen-bond donors (Lipinski definition) is 2. The molecule has 0 heterocycles. The first-order valence-electron chi connectivity index (χ1n) is 9.82. The second-order valence-corrected chi connectivity index (χ2v) is 5.65. The van der Waals surface area contributed by atoms with Gasteiger partial charge in [-0.15, -0.1) is 0 Å². The molecule has 2 aromatic carbocycles. The number of methoxy groups -OCH3 is 2. The lowest BCUT2D eigenvalue weighted by atomic mass is 10.2. The van der Waals surface area contributed by atoms with Crippen molar-refractivity contribution in [2.75, 3.05) is 20.8 Å². The van der Waals surface area contributed by atoms with Gasteiger partial charge in [0.05, 0.1) is 14.2 Å². The summed E-state index contributed by atoms with van der Waals surface area (Å²) >= 11 is 0. The van der Waals surface area contributed by atoms with Gasteiger partial charge in [0.1, 0.15) is 13.2 Å². The second kappa shape index (κ2) is 18.2. The Labute approximate surface area is 190 Å². The van der Waals surface area contributed by atoms with Crippen LogP contribution in [0.1, 0.15) is 50.5 Å². The molecule has 32 heavy (non-hydrogen) atoms. The number of hydrogen-bond acceptors (Lipinski definition) is 6. The predicted octanol–water partition coefficient (Wildman–Crippen LogP) is 4.32. The lowest BCUT2D eigenvalue weighted by Crippen LogP contribution is -2.29. The number of carbonyl (C=O) groups is 3. The first kappa shape index (κ1) is 30.6. The van der Waals surface area contributed by atoms with Crippen LogP contribution in [-0.4, -0.2) is 43.7 Å². The fourth-order valence-corrected chi connectivity index (χ4v) is 2.08. The van der Waals surface area contributed by atoms with Crippen LogP contribution in [0.4, 0.5) is 0 Å². The van der Waals surface area contributed by atoms with Gasteiger partial charge < -0.3 is 24.6 Å². The normalized spacial score (nSPS) is 8.78. The van der Waals surface area contributed by atoms with E-state index in [1.165, 1.54) is 26.4 Å². The van der Waals surface area contributed by atoms with Crippen molar-refractivity contribution in [3.63, 3.8) is 0 Å². The van der Waals surface area contributed by atoms with Gasteiger partial charge in [-0.1, -0.05) is 58.5 Å². The maximum atomic E-state index is 11.5. The highest BCUT2D eigenvalue weighted by molar-refractivity contribution is 5.96. The lowest BCUT2D eigenvalue weighted by Gasteiger charge is -2.09. The van der Waals surface area contributed by atoms with Crippen LogP contribution in [0.3, 0.4) is 0 Å². The van der Waals surface area contributed by atoms with Crippen LogP contribution in [0.15, 0.2) is 48.5 Å². The first-order valence-corrected chi connectivity index (χ1v) is 9.82. The Morgan fingerprint density at radius 1 is 0.938 bits per heavy atom. The van der Waals surface area contributed by atoms with E-state index in [4.69, 9.17) is 19.3 Å². The Balaban J connectivity index is 0. The Hall–Kier alpha value is -3.55. The predicted molar refractivity (Wildman–Crippen MR) is 124 cm³/mol. The molecular formula is C24H35NO7. The van der Waals surface area contributed by atoms with Crippen LogP contribution in [0.5, 0.6) is 11.5 Å². The number of carbonyl (C=O) groups excluding carboxylic acids is 2. The van der Waals surface area contributed by atoms with Crippen molar-refractivity contribution in [1.82, 2.24) is 5.32 Å². The van der Waals surface area contributed by atoms with Crippen LogP contribution in [0.25, 0.3) is 0 Å². The van der Waals surface area contributed by atoms with Gasteiger partial charge in [-0.25, -0.2) is 0 Å². The summed E-state index contributed by atoms with van der Waals surface area (Å²) in [4.78, 5) is 32.6. The largest absolute Gasteiger partial charge is 0.493 e. The average Bonchev–Trinajstić information content (AvgIpc) is 2.82. The maximum Gasteiger partial charge on any atom is 0.322 e. The minimum absolute atomic E-state index is 0. The summed E-state index contributed by atoms with van der Waals surface area (Å²) in [7, 11) is 2.94. The zero-order valence-corrected chi connectivity index (χ0v) is 18.6. The van der Waals surface area contributed by atoms with Crippen molar-refractivity contribution in [3.05, 3.63) is 59.7 Å². The van der Waals surface area contributed by atoms with Gasteiger partial charge in [0.2, 0.25) is 0 Å². The van der Waals surface area contributed by atoms with E-state index in [1.54, 1.807) is 13.0 Å². The molecule has 0 bridgehead atoms. The number of nitrogens with one attached hydrogen (secondary N) is 1. The second-order valence-electron chi connectivity index (χ2n) is 5.65. The van der Waals surface area contributed by atoms with Crippen molar-refractivity contribution in [2.24, 2.45) is 0 Å². The van der Waals surface area contributed by atoms with Crippen molar-refractivity contribution < 1.29 is 33.7 Å². The third-order valence-electron chi connectivity index (χ3n) is 3.58. The molecule has 0 spiro atoms. The van der Waals surface area contributed by atoms with Crippen LogP contribution >= 0.6 is 0 Å². The molecule has 0 unspecified atom stereocenters. The number of carboxylic acids is 1. The van der Waals surface area contributed by atoms with Crippen molar-refractivity contribution in [2.45, 2.75) is 41.2 Å². The Kier molecular flexibility index (Phi) is 17.5. The number of amides is 1. The molecule has 8 heteroatoms. The van der Waals surface area contributed by atoms with Gasteiger partial charge in [-0.05, 0) is 23.8 Å². The summed E-state index contributed by atoms with van der Waals surface area (Å²) in [6.45, 7) is 5.74. The number of rotatable bonds is 8. The Morgan fingerprint density at radius 2 is 1.53 bits per heavy atom. The Bertz CT molecular complexity index is 807. The summed E-state index contributed by atoms with van der Waals surface area (Å²) in [5.74, 6) is -0.816. The van der Waals surface area contributed by atoms with Crippen LogP contribution in [0, 0.1) is 0 Å². The summed E-state index contributed by atoms with van der Waals surface area (Å²) in [5.41, 5.74) is 1.34. The van der Waals surface area contributed by atoms with Crippen molar-refractivity contribution >= 4 is 17.8 Å². The fourth-order valence-electron chi connectivity index (χ4n) is 2.08. The minimum atomic E-state index is -1.10. The number of carboxylic acid groups (broad SMARTS) is 1. The van der Waals surface area contributed by atoms with E-state index in [9.17, 15) is 14.4 Å². The minimum Gasteiger partial charge on any atom is -0.493 e. The summed E-state index contributed by atoms with van der Waals surface area (Å²) < 4.78 is 15.0. The Morgan fingerprint density at radius 3 is 2.03 bits per heavy atom. The highest BCUT2D eigenvalue weighted by atomic mass is 16.5. The first-order chi connectivity index (χ1) is 14.9. The lowest BCUT2D eigenvalue weighted by molar-refractivity contribution is -0.144. The summed E-state index contributed by atoms with van der Waals surface area (Å²) in [6.07, 6.45) is 0.437. The number of esters is 1. The fraction of sp³-hybridized carbons (Fsp3) is 0.375. The average molecular weight is 450 g/mol. The smallest absolute Gasteiger partial charge is 0.322 e. The zero-order chi connectivity index (χ0) is 23.6. The van der Waals surface area contributed by atoms with Crippen LogP contribution in [-0.2, 0) is 20.9 Å². The van der Waals surface area contributed by atoms with Gasteiger partial charge in [-0.3, -0.25) is 14.4 Å². The van der Waals surface area contributed by atoms with Crippen molar-refractivity contribution in [3.8, 4) is 11.5 Å². The molecule has 1 amide bonds. The van der Waals surface area contributed by atoms with E-state index in [-0.39, 0.29) is 13.4 Å². The third kappa shape index (κ3) is 12.2. The molecule has 0 fully saturated rings. The van der Waals surface area contributed by atoms with Gasteiger partial charge in [0.25, 0.3) is 5.91 Å². The standard InChI is InChI=1S/C11H13NO5.C10H12O2.C2H6.CH4/c1-16-8-4-3-7(5-9(8)17-2)11(15)12-6-10(13)14;1-2-10(11)12-8-9-6-4-3-5-7-9;1-2;/h3-5H,6H2,1-2H3,(H,12,15)(H,13,14);3-7H,2,8H2,1H3;1-2H3;1H4. The van der Waals surface area contributed by atoms with Crippen molar-refractivity contribution in [1.29, 1.82) is 0 Å². The molecule has 178 valence electrons. The molecule has 0 aromatic heterocycles. The van der Waals surface area contributed by atoms with Gasteiger partial charge >= 0.3 is 11.9 Å². The quantitative estimate of drug-likeness (QED) is 0.577. The van der Waals surface area contributed by atoms with E-state index in [1.807, 2.05) is 44.2 Å². The molecule has 0 aliphatic carbocycles. The molecule has 0 radical (unpaired) electrons. The van der Waals surface area contributed by atoms with Gasteiger partial charge in [0, 0.05) is 12.0 Å². The molecule has 2 aromatic rings. The highest BCUT2D eigenvalue weighted by Gasteiger charge is 2.11. The zero-order valence-electron chi connectivity index (χ0n) is 18.6. The van der Waals surface area contributed by atoms with E-state index in [0.717, 1.165) is 5.56 Å². The topological polar surface area (TPSA) is 111 Å². The number of benzene rings is 2. The van der Waals surface area contributed by atoms with Gasteiger partial charge in [-0.2, -0.15) is 0 Å². The number of aliphatic carboxylic acids is 1. The molecule has 0 saturated heterocycles. The number of ether oxygens (including phenoxy) is 3. The monoisotopic (exact) mass is 449 g/mol. The summed E-state index contributed by atoms with van der Waals surface area (Å²) in [5, 5.41) is 10.7. The van der Waals surface area contributed by atoms with Gasteiger partial charge in [0.15, 0.2) is 11.5 Å². The molecule has 0 atom stereocenters. The van der Waals surface area contributed by atoms with E-state index in [0.29, 0.717) is 30.1 Å².